The van der Waals surface area contributed by atoms with Crippen molar-refractivity contribution in [2.24, 2.45) is 5.10 Å². The van der Waals surface area contributed by atoms with Crippen molar-refractivity contribution in [1.29, 1.82) is 0 Å². The van der Waals surface area contributed by atoms with E-state index in [0.29, 0.717) is 33.9 Å². The van der Waals surface area contributed by atoms with E-state index in [0.717, 1.165) is 4.68 Å². The van der Waals surface area contributed by atoms with Crippen LogP contribution in [0.2, 0.25) is 0 Å². The number of aromatic nitrogens is 5. The second-order valence-electron chi connectivity index (χ2n) is 7.67. The number of nitrogens with one attached hydrogen (secondary N) is 1. The number of nitrogens with zero attached hydrogens (tertiary/aromatic N) is 7. The van der Waals surface area contributed by atoms with Crippen LogP contribution in [0.3, 0.4) is 0 Å². The molecule has 0 aliphatic rings. The second-order valence-corrected chi connectivity index (χ2v) is 7.67. The lowest BCUT2D eigenvalue weighted by Crippen LogP contribution is -2.22. The molecule has 0 saturated heterocycles. The SMILES string of the molecule is COc1ccc(C=NNC(=O)c2c(C)nnn2-c2nonc2N)cc1COc1ccc([N+](=O)[O-])c(C)c1. The van der Waals surface area contributed by atoms with Crippen LogP contribution in [0.1, 0.15) is 32.9 Å². The van der Waals surface area contributed by atoms with E-state index in [-0.39, 0.29) is 29.6 Å². The third-order valence-electron chi connectivity index (χ3n) is 5.19. The van der Waals surface area contributed by atoms with Gasteiger partial charge in [-0.2, -0.15) is 9.78 Å². The summed E-state index contributed by atoms with van der Waals surface area (Å²) < 4.78 is 16.9. The van der Waals surface area contributed by atoms with Gasteiger partial charge in [0.15, 0.2) is 5.69 Å². The molecule has 4 aromatic rings. The maximum atomic E-state index is 12.7. The Hall–Kier alpha value is -5.34. The Bertz CT molecular complexity index is 1490. The molecule has 2 aromatic carbocycles. The smallest absolute Gasteiger partial charge is 0.292 e. The molecule has 0 bridgehead atoms. The van der Waals surface area contributed by atoms with E-state index in [1.807, 2.05) is 0 Å². The molecule has 0 aliphatic heterocycles. The van der Waals surface area contributed by atoms with E-state index in [1.54, 1.807) is 38.1 Å². The number of amides is 1. The van der Waals surface area contributed by atoms with Crippen molar-refractivity contribution in [3.63, 3.8) is 0 Å². The lowest BCUT2D eigenvalue weighted by atomic mass is 10.1. The average molecular weight is 507 g/mol. The van der Waals surface area contributed by atoms with Gasteiger partial charge in [-0.05, 0) is 60.1 Å². The molecule has 3 N–H and O–H groups in total. The van der Waals surface area contributed by atoms with E-state index in [2.05, 4.69) is 35.8 Å². The monoisotopic (exact) mass is 507 g/mol. The molecule has 0 spiro atoms. The summed E-state index contributed by atoms with van der Waals surface area (Å²) >= 11 is 0. The highest BCUT2D eigenvalue weighted by Gasteiger charge is 2.22. The first kappa shape index (κ1) is 24.8. The number of aryl methyl sites for hydroxylation is 2. The predicted octanol–water partition coefficient (Wildman–Crippen LogP) is 2.11. The van der Waals surface area contributed by atoms with Crippen LogP contribution in [0.4, 0.5) is 11.5 Å². The lowest BCUT2D eigenvalue weighted by Gasteiger charge is -2.11. The van der Waals surface area contributed by atoms with Crippen LogP contribution in [0.5, 0.6) is 11.5 Å². The number of nitro benzene ring substituents is 1. The molecule has 190 valence electrons. The van der Waals surface area contributed by atoms with E-state index in [9.17, 15) is 14.9 Å². The Morgan fingerprint density at radius 2 is 2.08 bits per heavy atom. The molecule has 2 heterocycles. The predicted molar refractivity (Wildman–Crippen MR) is 129 cm³/mol. The minimum Gasteiger partial charge on any atom is -0.496 e. The summed E-state index contributed by atoms with van der Waals surface area (Å²) in [7, 11) is 1.53. The van der Waals surface area contributed by atoms with Crippen molar-refractivity contribution in [3.8, 4) is 17.3 Å². The molecule has 2 aromatic heterocycles. The van der Waals surface area contributed by atoms with Gasteiger partial charge >= 0.3 is 0 Å². The number of ether oxygens (including phenoxy) is 2. The van der Waals surface area contributed by atoms with Gasteiger partial charge in [-0.1, -0.05) is 5.21 Å². The van der Waals surface area contributed by atoms with Gasteiger partial charge in [0, 0.05) is 17.2 Å². The number of anilines is 1. The number of hydrogen-bond donors (Lipinski definition) is 2. The van der Waals surface area contributed by atoms with E-state index in [4.69, 9.17) is 15.2 Å². The van der Waals surface area contributed by atoms with Crippen molar-refractivity contribution < 1.29 is 23.8 Å². The molecule has 15 heteroatoms. The molecule has 15 nitrogen and oxygen atoms in total. The highest BCUT2D eigenvalue weighted by Crippen LogP contribution is 2.26. The number of rotatable bonds is 9. The summed E-state index contributed by atoms with van der Waals surface area (Å²) in [5.41, 5.74) is 10.3. The number of nitrogens with two attached hydrogens (primary N) is 1. The minimum absolute atomic E-state index is 0.0142. The zero-order valence-corrected chi connectivity index (χ0v) is 19.9. The Labute approximate surface area is 209 Å². The summed E-state index contributed by atoms with van der Waals surface area (Å²) in [4.78, 5) is 23.3. The Kier molecular flexibility index (Phi) is 7.04. The molecule has 0 fully saturated rings. The van der Waals surface area contributed by atoms with Crippen LogP contribution in [0, 0.1) is 24.0 Å². The molecule has 0 atom stereocenters. The molecule has 0 unspecified atom stereocenters. The largest absolute Gasteiger partial charge is 0.496 e. The number of carbonyl (C=O) groups excluding carboxylic acids is 1. The molecule has 4 rings (SSSR count). The van der Waals surface area contributed by atoms with Crippen LogP contribution in [-0.4, -0.2) is 49.5 Å². The first-order valence-corrected chi connectivity index (χ1v) is 10.7. The third-order valence-corrected chi connectivity index (χ3v) is 5.19. The minimum atomic E-state index is -0.605. The Morgan fingerprint density at radius 1 is 1.27 bits per heavy atom. The van der Waals surface area contributed by atoms with Gasteiger partial charge < -0.3 is 15.2 Å². The van der Waals surface area contributed by atoms with Gasteiger partial charge in [0.25, 0.3) is 11.6 Å². The summed E-state index contributed by atoms with van der Waals surface area (Å²) in [6, 6.07) is 9.76. The van der Waals surface area contributed by atoms with Gasteiger partial charge in [-0.15, -0.1) is 5.10 Å². The highest BCUT2D eigenvalue weighted by atomic mass is 16.6. The maximum Gasteiger partial charge on any atom is 0.292 e. The number of carbonyl (C=O) groups is 1. The van der Waals surface area contributed by atoms with E-state index in [1.165, 1.54) is 25.5 Å². The van der Waals surface area contributed by atoms with Gasteiger partial charge in [0.1, 0.15) is 18.1 Å². The lowest BCUT2D eigenvalue weighted by molar-refractivity contribution is -0.385. The van der Waals surface area contributed by atoms with Crippen LogP contribution >= 0.6 is 0 Å². The van der Waals surface area contributed by atoms with Gasteiger partial charge in [0.2, 0.25) is 11.6 Å². The summed E-state index contributed by atoms with van der Waals surface area (Å²) in [6.45, 7) is 3.36. The van der Waals surface area contributed by atoms with Crippen molar-refractivity contribution in [2.45, 2.75) is 20.5 Å². The fourth-order valence-corrected chi connectivity index (χ4v) is 3.40. The second kappa shape index (κ2) is 10.5. The number of methoxy groups -OCH3 is 1. The van der Waals surface area contributed by atoms with Crippen molar-refractivity contribution >= 4 is 23.6 Å². The summed E-state index contributed by atoms with van der Waals surface area (Å²) in [5.74, 6) is 0.410. The molecule has 37 heavy (non-hydrogen) atoms. The molecule has 0 aliphatic carbocycles. The number of nitro groups is 1. The molecular formula is C22H21N9O6. The topological polar surface area (TPSA) is 199 Å². The number of hydrogen-bond acceptors (Lipinski definition) is 12. The zero-order valence-electron chi connectivity index (χ0n) is 19.9. The molecule has 0 radical (unpaired) electrons. The van der Waals surface area contributed by atoms with Gasteiger partial charge in [-0.25, -0.2) is 10.1 Å². The van der Waals surface area contributed by atoms with Crippen LogP contribution in [0.15, 0.2) is 46.1 Å². The zero-order chi connectivity index (χ0) is 26.5. The van der Waals surface area contributed by atoms with E-state index >= 15 is 0 Å². The normalized spacial score (nSPS) is 11.0. The van der Waals surface area contributed by atoms with Crippen LogP contribution in [-0.2, 0) is 6.61 Å². The van der Waals surface area contributed by atoms with Crippen molar-refractivity contribution in [3.05, 3.63) is 74.6 Å². The van der Waals surface area contributed by atoms with Crippen molar-refractivity contribution in [2.75, 3.05) is 12.8 Å². The van der Waals surface area contributed by atoms with Crippen molar-refractivity contribution in [1.82, 2.24) is 30.7 Å². The van der Waals surface area contributed by atoms with Gasteiger partial charge in [-0.3, -0.25) is 14.9 Å². The van der Waals surface area contributed by atoms with Gasteiger partial charge in [0.05, 0.1) is 23.9 Å². The van der Waals surface area contributed by atoms with E-state index < -0.39 is 10.8 Å². The fraction of sp³-hybridized carbons (Fsp3) is 0.182. The number of nitrogen functional groups attached to an aromatic ring is 1. The summed E-state index contributed by atoms with van der Waals surface area (Å²) in [5, 5.41) is 29.8. The standard InChI is InChI=1S/C22H21N9O6/c1-12-8-16(5-6-17(12)31(33)34)36-11-15-9-14(4-7-18(15)35-3)10-24-26-22(32)19-13(2)25-29-30(19)21-20(23)27-37-28-21/h4-10H,11H2,1-3H3,(H2,23,27)(H,26,32). The number of benzene rings is 2. The third kappa shape index (κ3) is 5.34. The average Bonchev–Trinajstić information content (AvgIpc) is 3.47. The maximum absolute atomic E-state index is 12.7. The van der Waals surface area contributed by atoms with Crippen LogP contribution < -0.4 is 20.6 Å². The first-order chi connectivity index (χ1) is 17.8. The highest BCUT2D eigenvalue weighted by molar-refractivity contribution is 5.94. The summed E-state index contributed by atoms with van der Waals surface area (Å²) in [6.07, 6.45) is 1.44. The fourth-order valence-electron chi connectivity index (χ4n) is 3.40. The first-order valence-electron chi connectivity index (χ1n) is 10.7. The Balaban J connectivity index is 1.46. The molecule has 1 amide bonds. The van der Waals surface area contributed by atoms with Crippen LogP contribution in [0.25, 0.3) is 5.82 Å². The quantitative estimate of drug-likeness (QED) is 0.191. The molecule has 0 saturated carbocycles. The molecular weight excluding hydrogens is 486 g/mol. The number of hydrazone groups is 1. The Morgan fingerprint density at radius 3 is 2.76 bits per heavy atom.